The molecule has 0 unspecified atom stereocenters. The Morgan fingerprint density at radius 3 is 3.06 bits per heavy atom. The van der Waals surface area contributed by atoms with Gasteiger partial charge in [0, 0.05) is 19.3 Å². The van der Waals surface area contributed by atoms with Gasteiger partial charge in [0.25, 0.3) is 0 Å². The molecule has 1 aliphatic rings. The van der Waals surface area contributed by atoms with Crippen LogP contribution in [0.15, 0.2) is 6.20 Å². The second-order valence-corrected chi connectivity index (χ2v) is 4.01. The Labute approximate surface area is 101 Å². The van der Waals surface area contributed by atoms with Crippen LogP contribution in [0.2, 0.25) is 0 Å². The average molecular weight is 238 g/mol. The fourth-order valence-corrected chi connectivity index (χ4v) is 2.00. The van der Waals surface area contributed by atoms with Gasteiger partial charge in [0.15, 0.2) is 0 Å². The molecular formula is C12H18N2O3. The zero-order valence-electron chi connectivity index (χ0n) is 10.3. The molecule has 0 radical (unpaired) electrons. The van der Waals surface area contributed by atoms with Crippen LogP contribution in [0, 0.1) is 0 Å². The number of ether oxygens (including phenoxy) is 2. The van der Waals surface area contributed by atoms with Gasteiger partial charge in [-0.1, -0.05) is 0 Å². The van der Waals surface area contributed by atoms with Gasteiger partial charge in [-0.05, 0) is 26.7 Å². The molecule has 1 aromatic rings. The van der Waals surface area contributed by atoms with Crippen molar-refractivity contribution in [2.75, 3.05) is 13.2 Å². The lowest BCUT2D eigenvalue weighted by molar-refractivity contribution is 0.0514. The van der Waals surface area contributed by atoms with Crippen LogP contribution in [0.3, 0.4) is 0 Å². The van der Waals surface area contributed by atoms with Gasteiger partial charge in [0.05, 0.1) is 6.61 Å². The summed E-state index contributed by atoms with van der Waals surface area (Å²) in [5, 5.41) is 4.40. The summed E-state index contributed by atoms with van der Waals surface area (Å²) < 4.78 is 12.4. The van der Waals surface area contributed by atoms with Gasteiger partial charge >= 0.3 is 5.97 Å². The summed E-state index contributed by atoms with van der Waals surface area (Å²) in [7, 11) is 0. The van der Waals surface area contributed by atoms with Gasteiger partial charge in [0.2, 0.25) is 0 Å². The lowest BCUT2D eigenvalue weighted by atomic mass is 10.1. The third kappa shape index (κ3) is 2.49. The first-order valence-corrected chi connectivity index (χ1v) is 6.12. The maximum absolute atomic E-state index is 11.8. The van der Waals surface area contributed by atoms with Crippen LogP contribution >= 0.6 is 0 Å². The molecule has 1 fully saturated rings. The zero-order valence-corrected chi connectivity index (χ0v) is 10.3. The van der Waals surface area contributed by atoms with E-state index in [-0.39, 0.29) is 12.1 Å². The molecule has 94 valence electrons. The van der Waals surface area contributed by atoms with Crippen molar-refractivity contribution in [3.8, 4) is 0 Å². The molecule has 0 spiro atoms. The fourth-order valence-electron chi connectivity index (χ4n) is 2.00. The topological polar surface area (TPSA) is 53.4 Å². The third-order valence-electron chi connectivity index (χ3n) is 2.84. The Balaban J connectivity index is 2.28. The molecule has 0 saturated carbocycles. The highest BCUT2D eigenvalue weighted by Gasteiger charge is 2.27. The minimum Gasteiger partial charge on any atom is -0.462 e. The molecule has 0 amide bonds. The summed E-state index contributed by atoms with van der Waals surface area (Å²) in [6.07, 6.45) is 3.64. The Kier molecular flexibility index (Phi) is 3.78. The predicted octanol–water partition coefficient (Wildman–Crippen LogP) is 1.93. The summed E-state index contributed by atoms with van der Waals surface area (Å²) in [4.78, 5) is 11.8. The van der Waals surface area contributed by atoms with Crippen LogP contribution in [0.1, 0.15) is 48.8 Å². The quantitative estimate of drug-likeness (QED) is 0.752. The minimum absolute atomic E-state index is 0.0535. The van der Waals surface area contributed by atoms with Crippen molar-refractivity contribution in [3.05, 3.63) is 17.5 Å². The second-order valence-electron chi connectivity index (χ2n) is 4.01. The van der Waals surface area contributed by atoms with E-state index in [4.69, 9.17) is 9.47 Å². The molecule has 17 heavy (non-hydrogen) atoms. The van der Waals surface area contributed by atoms with E-state index in [0.717, 1.165) is 31.7 Å². The van der Waals surface area contributed by atoms with Crippen molar-refractivity contribution in [2.45, 2.75) is 39.3 Å². The van der Waals surface area contributed by atoms with Crippen molar-refractivity contribution in [1.82, 2.24) is 9.78 Å². The van der Waals surface area contributed by atoms with Crippen molar-refractivity contribution >= 4 is 5.97 Å². The molecule has 5 nitrogen and oxygen atoms in total. The van der Waals surface area contributed by atoms with E-state index in [1.807, 2.05) is 6.92 Å². The number of hydrogen-bond acceptors (Lipinski definition) is 4. The lowest BCUT2D eigenvalue weighted by Crippen LogP contribution is -2.09. The Morgan fingerprint density at radius 1 is 1.65 bits per heavy atom. The predicted molar refractivity (Wildman–Crippen MR) is 61.8 cm³/mol. The molecule has 0 N–H and O–H groups in total. The van der Waals surface area contributed by atoms with Crippen LogP contribution in [-0.4, -0.2) is 29.0 Å². The van der Waals surface area contributed by atoms with Crippen molar-refractivity contribution in [2.24, 2.45) is 0 Å². The van der Waals surface area contributed by atoms with Crippen LogP contribution in [0.5, 0.6) is 0 Å². The van der Waals surface area contributed by atoms with Crippen molar-refractivity contribution in [1.29, 1.82) is 0 Å². The highest BCUT2D eigenvalue weighted by Crippen LogP contribution is 2.30. The van der Waals surface area contributed by atoms with Gasteiger partial charge < -0.3 is 9.47 Å². The van der Waals surface area contributed by atoms with Crippen LogP contribution in [0.4, 0.5) is 0 Å². The van der Waals surface area contributed by atoms with E-state index >= 15 is 0 Å². The first-order valence-electron chi connectivity index (χ1n) is 6.12. The van der Waals surface area contributed by atoms with Gasteiger partial charge in [-0.3, -0.25) is 4.68 Å². The Bertz CT molecular complexity index is 394. The molecule has 1 saturated heterocycles. The highest BCUT2D eigenvalue weighted by molar-refractivity contribution is 5.90. The monoisotopic (exact) mass is 238 g/mol. The molecular weight excluding hydrogens is 220 g/mol. The fraction of sp³-hybridized carbons (Fsp3) is 0.667. The first-order chi connectivity index (χ1) is 8.26. The number of aromatic nitrogens is 2. The second kappa shape index (κ2) is 5.31. The maximum Gasteiger partial charge on any atom is 0.341 e. The van der Waals surface area contributed by atoms with Gasteiger partial charge in [-0.15, -0.1) is 0 Å². The molecule has 1 atom stereocenters. The lowest BCUT2D eigenvalue weighted by Gasteiger charge is -2.08. The standard InChI is InChI=1S/C12H18N2O3/c1-3-14-8-9(12(15)16-4-2)11(13-14)10-6-5-7-17-10/h8,10H,3-7H2,1-2H3/t10-/m1/s1. The van der Waals surface area contributed by atoms with Crippen LogP contribution in [0.25, 0.3) is 0 Å². The average Bonchev–Trinajstić information content (AvgIpc) is 2.98. The number of hydrogen-bond donors (Lipinski definition) is 0. The summed E-state index contributed by atoms with van der Waals surface area (Å²) in [6, 6.07) is 0. The molecule has 0 aliphatic carbocycles. The molecule has 5 heteroatoms. The van der Waals surface area contributed by atoms with Gasteiger partial charge in [-0.2, -0.15) is 5.10 Å². The Morgan fingerprint density at radius 2 is 2.47 bits per heavy atom. The highest BCUT2D eigenvalue weighted by atomic mass is 16.5. The molecule has 1 aliphatic heterocycles. The van der Waals surface area contributed by atoms with Crippen LogP contribution in [-0.2, 0) is 16.0 Å². The van der Waals surface area contributed by atoms with Crippen molar-refractivity contribution < 1.29 is 14.3 Å². The number of esters is 1. The molecule has 0 aromatic carbocycles. The van der Waals surface area contributed by atoms with E-state index in [9.17, 15) is 4.79 Å². The maximum atomic E-state index is 11.8. The Hall–Kier alpha value is -1.36. The first kappa shape index (κ1) is 12.1. The number of aryl methyl sites for hydroxylation is 1. The molecule has 1 aromatic heterocycles. The normalized spacial score (nSPS) is 19.5. The van der Waals surface area contributed by atoms with Crippen LogP contribution < -0.4 is 0 Å². The number of carbonyl (C=O) groups is 1. The summed E-state index contributed by atoms with van der Waals surface area (Å²) in [5.74, 6) is -0.308. The number of carbonyl (C=O) groups excluding carboxylic acids is 1. The summed E-state index contributed by atoms with van der Waals surface area (Å²) >= 11 is 0. The third-order valence-corrected chi connectivity index (χ3v) is 2.84. The molecule has 2 heterocycles. The van der Waals surface area contributed by atoms with E-state index in [0.29, 0.717) is 12.2 Å². The molecule has 2 rings (SSSR count). The largest absolute Gasteiger partial charge is 0.462 e. The van der Waals surface area contributed by atoms with Gasteiger partial charge in [0.1, 0.15) is 17.4 Å². The SMILES string of the molecule is CCOC(=O)c1cn(CC)nc1[C@H]1CCCO1. The van der Waals surface area contributed by atoms with Crippen molar-refractivity contribution in [3.63, 3.8) is 0 Å². The van der Waals surface area contributed by atoms with Gasteiger partial charge in [-0.25, -0.2) is 4.79 Å². The zero-order chi connectivity index (χ0) is 12.3. The van der Waals surface area contributed by atoms with E-state index < -0.39 is 0 Å². The summed E-state index contributed by atoms with van der Waals surface area (Å²) in [5.41, 5.74) is 1.27. The number of nitrogens with zero attached hydrogens (tertiary/aromatic N) is 2. The van der Waals surface area contributed by atoms with E-state index in [2.05, 4.69) is 5.10 Å². The van der Waals surface area contributed by atoms with E-state index in [1.54, 1.807) is 17.8 Å². The van der Waals surface area contributed by atoms with E-state index in [1.165, 1.54) is 0 Å². The number of rotatable bonds is 4. The smallest absolute Gasteiger partial charge is 0.341 e. The molecule has 0 bridgehead atoms. The minimum atomic E-state index is -0.308. The summed E-state index contributed by atoms with van der Waals surface area (Å²) in [6.45, 7) is 5.64.